The number of carbonyl (C=O) groups is 2. The molecule has 11 heteroatoms. The number of phosphoric ester groups is 1. The van der Waals surface area contributed by atoms with Gasteiger partial charge in [-0.2, -0.15) is 0 Å². The summed E-state index contributed by atoms with van der Waals surface area (Å²) in [6.45, 7) is -0.794. The highest BCUT2D eigenvalue weighted by atomic mass is 31.2. The van der Waals surface area contributed by atoms with E-state index in [1.165, 1.54) is 0 Å². The smallest absolute Gasteiger partial charge is 0.470 e. The van der Waals surface area contributed by atoms with Crippen molar-refractivity contribution in [1.82, 2.24) is 0 Å². The van der Waals surface area contributed by atoms with E-state index in [2.05, 4.69) is 4.52 Å². The molecule has 0 saturated carbocycles. The Balaban J connectivity index is 2.91. The summed E-state index contributed by atoms with van der Waals surface area (Å²) in [4.78, 5) is 38.6. The van der Waals surface area contributed by atoms with Crippen LogP contribution in [0.15, 0.2) is 11.6 Å². The molecule has 0 fully saturated rings. The number of ether oxygens (including phenoxy) is 1. The maximum absolute atomic E-state index is 10.9. The monoisotopic (exact) mass is 312 g/mol. The van der Waals surface area contributed by atoms with Crippen LogP contribution in [-0.2, 0) is 23.4 Å². The van der Waals surface area contributed by atoms with Gasteiger partial charge in [-0.05, 0) is 6.08 Å². The zero-order valence-electron chi connectivity index (χ0n) is 9.95. The minimum atomic E-state index is -4.96. The molecule has 0 unspecified atom stereocenters. The van der Waals surface area contributed by atoms with Crippen LogP contribution in [0.25, 0.3) is 0 Å². The van der Waals surface area contributed by atoms with Crippen molar-refractivity contribution >= 4 is 19.8 Å². The third-order valence-corrected chi connectivity index (χ3v) is 2.98. The first-order chi connectivity index (χ1) is 9.10. The Morgan fingerprint density at radius 3 is 2.40 bits per heavy atom. The van der Waals surface area contributed by atoms with E-state index in [1.807, 2.05) is 0 Å². The lowest BCUT2D eigenvalue weighted by molar-refractivity contribution is -0.150. The number of aliphatic hydroxyl groups excluding tert-OH is 1. The lowest BCUT2D eigenvalue weighted by atomic mass is 9.92. The van der Waals surface area contributed by atoms with Crippen LogP contribution in [0, 0.1) is 0 Å². The Labute approximate surface area is 112 Å². The van der Waals surface area contributed by atoms with Gasteiger partial charge in [-0.3, -0.25) is 4.52 Å². The van der Waals surface area contributed by atoms with E-state index in [0.717, 1.165) is 6.08 Å². The highest BCUT2D eigenvalue weighted by molar-refractivity contribution is 7.46. The topological polar surface area (TPSA) is 171 Å². The van der Waals surface area contributed by atoms with Gasteiger partial charge in [-0.15, -0.1) is 0 Å². The van der Waals surface area contributed by atoms with Gasteiger partial charge in [0.05, 0.1) is 6.10 Å². The fraction of sp³-hybridized carbons (Fsp3) is 0.556. The van der Waals surface area contributed by atoms with Crippen LogP contribution in [0.5, 0.6) is 0 Å². The molecule has 1 aliphatic rings. The first kappa shape index (κ1) is 16.8. The molecule has 0 aliphatic heterocycles. The van der Waals surface area contributed by atoms with Crippen LogP contribution >= 0.6 is 7.82 Å². The Kier molecular flexibility index (Phi) is 5.40. The molecule has 0 radical (unpaired) electrons. The SMILES string of the molecule is O=C(O)CO[C@@H]1CC(C(=O)O)=C[C@@H](OP(=O)(O)O)[C@@H]1O. The van der Waals surface area contributed by atoms with Gasteiger partial charge in [0.2, 0.25) is 0 Å². The summed E-state index contributed by atoms with van der Waals surface area (Å²) in [6, 6.07) is 0. The van der Waals surface area contributed by atoms with E-state index in [9.17, 15) is 19.3 Å². The molecular formula is C9H13O10P. The molecule has 0 amide bonds. The van der Waals surface area contributed by atoms with Crippen molar-refractivity contribution in [3.8, 4) is 0 Å². The molecule has 114 valence electrons. The van der Waals surface area contributed by atoms with E-state index >= 15 is 0 Å². The maximum Gasteiger partial charge on any atom is 0.470 e. The van der Waals surface area contributed by atoms with Crippen LogP contribution < -0.4 is 0 Å². The van der Waals surface area contributed by atoms with Crippen molar-refractivity contribution in [1.29, 1.82) is 0 Å². The van der Waals surface area contributed by atoms with Gasteiger partial charge in [0, 0.05) is 12.0 Å². The van der Waals surface area contributed by atoms with Crippen molar-refractivity contribution in [2.45, 2.75) is 24.7 Å². The molecule has 0 bridgehead atoms. The predicted molar refractivity (Wildman–Crippen MR) is 60.6 cm³/mol. The Bertz CT molecular complexity index is 465. The number of hydrogen-bond acceptors (Lipinski definition) is 6. The Morgan fingerprint density at radius 2 is 1.95 bits per heavy atom. The minimum absolute atomic E-state index is 0.302. The van der Waals surface area contributed by atoms with Crippen molar-refractivity contribution in [2.24, 2.45) is 0 Å². The molecule has 0 saturated heterocycles. The molecule has 10 nitrogen and oxygen atoms in total. The quantitative estimate of drug-likeness (QED) is 0.371. The minimum Gasteiger partial charge on any atom is -0.480 e. The molecule has 0 aromatic rings. The van der Waals surface area contributed by atoms with Gasteiger partial charge >= 0.3 is 19.8 Å². The summed E-state index contributed by atoms with van der Waals surface area (Å²) in [5.41, 5.74) is -0.302. The molecule has 1 aliphatic carbocycles. The first-order valence-corrected chi connectivity index (χ1v) is 6.82. The number of phosphoric acid groups is 1. The zero-order valence-corrected chi connectivity index (χ0v) is 10.8. The van der Waals surface area contributed by atoms with Crippen molar-refractivity contribution in [3.63, 3.8) is 0 Å². The lowest BCUT2D eigenvalue weighted by Crippen LogP contribution is -2.44. The van der Waals surface area contributed by atoms with Crippen LogP contribution in [-0.4, -0.2) is 62.0 Å². The van der Waals surface area contributed by atoms with Gasteiger partial charge in [0.1, 0.15) is 18.8 Å². The third kappa shape index (κ3) is 5.00. The van der Waals surface area contributed by atoms with Gasteiger partial charge in [-0.1, -0.05) is 0 Å². The summed E-state index contributed by atoms with van der Waals surface area (Å²) in [6.07, 6.45) is -3.95. The number of carboxylic acids is 2. The standard InChI is InChI=1S/C9H13O10P/c10-7(11)3-18-5-1-4(9(13)14)2-6(8(5)12)19-20(15,16)17/h2,5-6,8,12H,1,3H2,(H,10,11)(H,13,14)(H2,15,16,17)/t5-,6-,8-/m1/s1. The van der Waals surface area contributed by atoms with Gasteiger partial charge in [0.15, 0.2) is 0 Å². The fourth-order valence-electron chi connectivity index (χ4n) is 1.66. The summed E-state index contributed by atoms with van der Waals surface area (Å²) in [5, 5.41) is 27.1. The zero-order chi connectivity index (χ0) is 15.5. The van der Waals surface area contributed by atoms with E-state index in [0.29, 0.717) is 0 Å². The number of hydrogen-bond donors (Lipinski definition) is 5. The largest absolute Gasteiger partial charge is 0.480 e. The molecule has 0 aromatic carbocycles. The van der Waals surface area contributed by atoms with Crippen molar-refractivity contribution in [2.75, 3.05) is 6.61 Å². The van der Waals surface area contributed by atoms with E-state index in [-0.39, 0.29) is 12.0 Å². The Morgan fingerprint density at radius 1 is 1.35 bits per heavy atom. The van der Waals surface area contributed by atoms with Crippen LogP contribution in [0.3, 0.4) is 0 Å². The molecule has 20 heavy (non-hydrogen) atoms. The average molecular weight is 312 g/mol. The van der Waals surface area contributed by atoms with Crippen LogP contribution in [0.2, 0.25) is 0 Å². The second kappa shape index (κ2) is 6.44. The van der Waals surface area contributed by atoms with Crippen molar-refractivity contribution in [3.05, 3.63) is 11.6 Å². The molecule has 1 rings (SSSR count). The molecular weight excluding hydrogens is 299 g/mol. The number of carboxylic acid groups (broad SMARTS) is 2. The normalized spacial score (nSPS) is 26.9. The van der Waals surface area contributed by atoms with Crippen LogP contribution in [0.4, 0.5) is 0 Å². The van der Waals surface area contributed by atoms with Gasteiger partial charge in [-0.25, -0.2) is 14.2 Å². The average Bonchev–Trinajstić information content (AvgIpc) is 2.27. The van der Waals surface area contributed by atoms with Crippen molar-refractivity contribution < 1.29 is 48.5 Å². The van der Waals surface area contributed by atoms with E-state index in [4.69, 9.17) is 24.7 Å². The van der Waals surface area contributed by atoms with Gasteiger partial charge in [0.25, 0.3) is 0 Å². The molecule has 3 atom stereocenters. The highest BCUT2D eigenvalue weighted by Gasteiger charge is 2.38. The fourth-order valence-corrected chi connectivity index (χ4v) is 2.16. The summed E-state index contributed by atoms with van der Waals surface area (Å²) < 4.78 is 19.8. The predicted octanol–water partition coefficient (Wildman–Crippen LogP) is -1.29. The van der Waals surface area contributed by atoms with E-state index < -0.39 is 44.7 Å². The lowest BCUT2D eigenvalue weighted by Gasteiger charge is -2.32. The summed E-state index contributed by atoms with van der Waals surface area (Å²) in [5.74, 6) is -2.73. The molecule has 0 aromatic heterocycles. The molecule has 5 N–H and O–H groups in total. The summed E-state index contributed by atoms with van der Waals surface area (Å²) in [7, 11) is -4.96. The van der Waals surface area contributed by atoms with Gasteiger partial charge < -0.3 is 29.8 Å². The first-order valence-electron chi connectivity index (χ1n) is 5.29. The third-order valence-electron chi connectivity index (χ3n) is 2.46. The number of rotatable bonds is 6. The van der Waals surface area contributed by atoms with E-state index in [1.54, 1.807) is 0 Å². The number of aliphatic hydroxyl groups is 1. The van der Waals surface area contributed by atoms with Crippen LogP contribution in [0.1, 0.15) is 6.42 Å². The molecule has 0 heterocycles. The molecule has 0 spiro atoms. The second-order valence-corrected chi connectivity index (χ2v) is 5.19. The summed E-state index contributed by atoms with van der Waals surface area (Å²) >= 11 is 0. The maximum atomic E-state index is 10.9. The Hall–Kier alpha value is -1.29. The second-order valence-electron chi connectivity index (χ2n) is 4.00. The number of aliphatic carboxylic acids is 2. The highest BCUT2D eigenvalue weighted by Crippen LogP contribution is 2.40.